The molecule has 0 saturated heterocycles. The molecule has 2 aromatic rings. The summed E-state index contributed by atoms with van der Waals surface area (Å²) < 4.78 is 18.4. The number of ether oxygens (including phenoxy) is 1. The second-order valence-corrected chi connectivity index (χ2v) is 5.37. The molecule has 1 aliphatic rings. The lowest BCUT2D eigenvalue weighted by Crippen LogP contribution is -2.45. The van der Waals surface area contributed by atoms with Crippen LogP contribution in [0.4, 0.5) is 4.39 Å². The van der Waals surface area contributed by atoms with Crippen molar-refractivity contribution in [1.82, 2.24) is 4.90 Å². The van der Waals surface area contributed by atoms with Crippen LogP contribution in [0.15, 0.2) is 48.5 Å². The molecule has 0 atom stereocenters. The lowest BCUT2D eigenvalue weighted by molar-refractivity contribution is -0.149. The Bertz CT molecular complexity index is 818. The second-order valence-electron chi connectivity index (χ2n) is 5.37. The predicted octanol–water partition coefficient (Wildman–Crippen LogP) is 2.09. The van der Waals surface area contributed by atoms with E-state index in [2.05, 4.69) is 0 Å². The van der Waals surface area contributed by atoms with E-state index in [0.717, 1.165) is 4.90 Å². The van der Waals surface area contributed by atoms with Gasteiger partial charge in [-0.1, -0.05) is 36.4 Å². The molecule has 24 heavy (non-hydrogen) atoms. The number of fused-ring (bicyclic) bond motifs is 1. The monoisotopic (exact) mass is 327 g/mol. The molecular weight excluding hydrogens is 313 g/mol. The number of benzene rings is 2. The van der Waals surface area contributed by atoms with Gasteiger partial charge in [0.15, 0.2) is 0 Å². The van der Waals surface area contributed by atoms with Gasteiger partial charge in [0.2, 0.25) is 5.91 Å². The maximum atomic E-state index is 13.5. The molecule has 122 valence electrons. The number of hydrogen-bond donors (Lipinski definition) is 0. The third-order valence-corrected chi connectivity index (χ3v) is 3.77. The minimum atomic E-state index is -0.765. The molecule has 0 unspecified atom stereocenters. The van der Waals surface area contributed by atoms with E-state index in [1.54, 1.807) is 30.3 Å². The van der Waals surface area contributed by atoms with Gasteiger partial charge in [0.25, 0.3) is 5.91 Å². The molecule has 0 saturated carbocycles. The van der Waals surface area contributed by atoms with E-state index < -0.39 is 30.1 Å². The molecule has 1 aliphatic heterocycles. The summed E-state index contributed by atoms with van der Waals surface area (Å²) in [7, 11) is 0. The molecule has 2 aromatic carbocycles. The van der Waals surface area contributed by atoms with Crippen LogP contribution in [0.2, 0.25) is 0 Å². The lowest BCUT2D eigenvalue weighted by atomic mass is 9.98. The van der Waals surface area contributed by atoms with Gasteiger partial charge in [0, 0.05) is 11.1 Å². The summed E-state index contributed by atoms with van der Waals surface area (Å²) in [6.07, 6.45) is 0.0580. The molecule has 0 bridgehead atoms. The van der Waals surface area contributed by atoms with Gasteiger partial charge in [0.05, 0.1) is 6.42 Å². The van der Waals surface area contributed by atoms with Crippen LogP contribution in [0.3, 0.4) is 0 Å². The zero-order valence-electron chi connectivity index (χ0n) is 12.7. The predicted molar refractivity (Wildman–Crippen MR) is 82.4 cm³/mol. The minimum Gasteiger partial charge on any atom is -0.459 e. The highest BCUT2D eigenvalue weighted by atomic mass is 19.1. The standard InChI is InChI=1S/C18H14FNO4/c19-15-8-4-2-6-13(15)11-24-17(22)10-20-16(21)9-12-5-1-3-7-14(12)18(20)23/h1-8H,9-11H2. The number of carbonyl (C=O) groups is 3. The molecule has 5 nitrogen and oxygen atoms in total. The Kier molecular flexibility index (Phi) is 4.37. The SMILES string of the molecule is O=C(CN1C(=O)Cc2ccccc2C1=O)OCc1ccccc1F. The third-order valence-electron chi connectivity index (χ3n) is 3.77. The molecule has 0 aromatic heterocycles. The van der Waals surface area contributed by atoms with Crippen LogP contribution in [0.25, 0.3) is 0 Å². The van der Waals surface area contributed by atoms with Crippen LogP contribution >= 0.6 is 0 Å². The van der Waals surface area contributed by atoms with Gasteiger partial charge >= 0.3 is 5.97 Å². The highest BCUT2D eigenvalue weighted by Crippen LogP contribution is 2.19. The summed E-state index contributed by atoms with van der Waals surface area (Å²) in [4.78, 5) is 37.2. The summed E-state index contributed by atoms with van der Waals surface area (Å²) >= 11 is 0. The quantitative estimate of drug-likeness (QED) is 0.637. The number of halogens is 1. The summed E-state index contributed by atoms with van der Waals surface area (Å²) in [5.74, 6) is -2.23. The van der Waals surface area contributed by atoms with E-state index in [0.29, 0.717) is 11.1 Å². The lowest BCUT2D eigenvalue weighted by Gasteiger charge is -2.25. The molecule has 2 amide bonds. The van der Waals surface area contributed by atoms with E-state index in [1.807, 2.05) is 0 Å². The average Bonchev–Trinajstić information content (AvgIpc) is 2.58. The largest absolute Gasteiger partial charge is 0.459 e. The highest BCUT2D eigenvalue weighted by Gasteiger charge is 2.32. The van der Waals surface area contributed by atoms with Gasteiger partial charge in [-0.2, -0.15) is 0 Å². The molecule has 6 heteroatoms. The van der Waals surface area contributed by atoms with Gasteiger partial charge in [-0.15, -0.1) is 0 Å². The van der Waals surface area contributed by atoms with E-state index in [4.69, 9.17) is 4.74 Å². The second kappa shape index (κ2) is 6.62. The van der Waals surface area contributed by atoms with E-state index >= 15 is 0 Å². The van der Waals surface area contributed by atoms with Crippen molar-refractivity contribution in [3.05, 3.63) is 71.0 Å². The summed E-state index contributed by atoms with van der Waals surface area (Å²) in [6, 6.07) is 12.7. The van der Waals surface area contributed by atoms with Crippen LogP contribution in [0.5, 0.6) is 0 Å². The minimum absolute atomic E-state index is 0.0580. The molecule has 0 spiro atoms. The zero-order valence-corrected chi connectivity index (χ0v) is 12.7. The molecular formula is C18H14FNO4. The normalized spacial score (nSPS) is 13.6. The van der Waals surface area contributed by atoms with Gasteiger partial charge in [-0.25, -0.2) is 4.39 Å². The fourth-order valence-corrected chi connectivity index (χ4v) is 2.51. The fraction of sp³-hybridized carbons (Fsp3) is 0.167. The number of imide groups is 1. The molecule has 3 rings (SSSR count). The van der Waals surface area contributed by atoms with Gasteiger partial charge in [-0.3, -0.25) is 19.3 Å². The number of hydrogen-bond acceptors (Lipinski definition) is 4. The van der Waals surface area contributed by atoms with Gasteiger partial charge < -0.3 is 4.74 Å². The molecule has 0 aliphatic carbocycles. The average molecular weight is 327 g/mol. The number of esters is 1. The van der Waals surface area contributed by atoms with Crippen molar-refractivity contribution >= 4 is 17.8 Å². The topological polar surface area (TPSA) is 63.7 Å². The Morgan fingerprint density at radius 3 is 2.58 bits per heavy atom. The first-order valence-corrected chi connectivity index (χ1v) is 7.38. The summed E-state index contributed by atoms with van der Waals surface area (Å²) in [5, 5.41) is 0. The first-order chi connectivity index (χ1) is 11.6. The molecule has 0 fully saturated rings. The van der Waals surface area contributed by atoms with Crippen LogP contribution in [-0.2, 0) is 27.4 Å². The van der Waals surface area contributed by atoms with Gasteiger partial charge in [-0.05, 0) is 17.7 Å². The van der Waals surface area contributed by atoms with Crippen LogP contribution < -0.4 is 0 Å². The Labute approximate surface area is 137 Å². The molecule has 0 radical (unpaired) electrons. The number of carbonyl (C=O) groups excluding carboxylic acids is 3. The van der Waals surface area contributed by atoms with Crippen molar-refractivity contribution in [1.29, 1.82) is 0 Å². The van der Waals surface area contributed by atoms with Crippen LogP contribution in [0, 0.1) is 5.82 Å². The van der Waals surface area contributed by atoms with Crippen molar-refractivity contribution in [2.45, 2.75) is 13.0 Å². The zero-order chi connectivity index (χ0) is 17.1. The van der Waals surface area contributed by atoms with Gasteiger partial charge in [0.1, 0.15) is 19.0 Å². The van der Waals surface area contributed by atoms with Crippen LogP contribution in [-0.4, -0.2) is 29.2 Å². The van der Waals surface area contributed by atoms with E-state index in [-0.39, 0.29) is 18.6 Å². The Hall–Kier alpha value is -3.02. The number of rotatable bonds is 4. The first-order valence-electron chi connectivity index (χ1n) is 7.38. The van der Waals surface area contributed by atoms with Crippen molar-refractivity contribution in [3.8, 4) is 0 Å². The first kappa shape index (κ1) is 15.9. The van der Waals surface area contributed by atoms with Crippen LogP contribution in [0.1, 0.15) is 21.5 Å². The molecule has 1 heterocycles. The third kappa shape index (κ3) is 3.17. The summed E-state index contributed by atoms with van der Waals surface area (Å²) in [5.41, 5.74) is 1.27. The van der Waals surface area contributed by atoms with Crippen molar-refractivity contribution in [2.24, 2.45) is 0 Å². The van der Waals surface area contributed by atoms with E-state index in [9.17, 15) is 18.8 Å². The highest BCUT2D eigenvalue weighted by molar-refractivity contribution is 6.11. The Morgan fingerprint density at radius 1 is 1.08 bits per heavy atom. The fourth-order valence-electron chi connectivity index (χ4n) is 2.51. The van der Waals surface area contributed by atoms with Crippen molar-refractivity contribution < 1.29 is 23.5 Å². The smallest absolute Gasteiger partial charge is 0.326 e. The number of nitrogens with zero attached hydrogens (tertiary/aromatic N) is 1. The molecule has 0 N–H and O–H groups in total. The Balaban J connectivity index is 1.65. The maximum absolute atomic E-state index is 13.5. The Morgan fingerprint density at radius 2 is 1.79 bits per heavy atom. The van der Waals surface area contributed by atoms with Crippen molar-refractivity contribution in [2.75, 3.05) is 6.54 Å². The number of amides is 2. The van der Waals surface area contributed by atoms with E-state index in [1.165, 1.54) is 18.2 Å². The summed E-state index contributed by atoms with van der Waals surface area (Å²) in [6.45, 7) is -0.737. The van der Waals surface area contributed by atoms with Crippen molar-refractivity contribution in [3.63, 3.8) is 0 Å². The maximum Gasteiger partial charge on any atom is 0.326 e.